The fraction of sp³-hybridized carbons (Fsp3) is 0.444. The standard InChI is InChI=1S/C18H23ClN4O/c1-13-3-4-16(19)8-17(13)23-6-5-14(12-23)9-20-18(24)7-15-10-21-22(2)11-15/h3-4,8,10-11,14H,5-7,9,12H2,1-2H3,(H,20,24). The van der Waals surface area contributed by atoms with Gasteiger partial charge in [-0.05, 0) is 42.5 Å². The van der Waals surface area contributed by atoms with E-state index in [4.69, 9.17) is 11.6 Å². The quantitative estimate of drug-likeness (QED) is 0.905. The Labute approximate surface area is 147 Å². The van der Waals surface area contributed by atoms with E-state index in [1.54, 1.807) is 10.9 Å². The Kier molecular flexibility index (Phi) is 5.09. The van der Waals surface area contributed by atoms with Crippen LogP contribution in [0.4, 0.5) is 5.69 Å². The minimum absolute atomic E-state index is 0.0559. The average Bonchev–Trinajstić information content (AvgIpc) is 3.17. The van der Waals surface area contributed by atoms with Crippen molar-refractivity contribution < 1.29 is 4.79 Å². The minimum atomic E-state index is 0.0559. The summed E-state index contributed by atoms with van der Waals surface area (Å²) in [6, 6.07) is 6.01. The predicted molar refractivity (Wildman–Crippen MR) is 96.4 cm³/mol. The molecule has 1 atom stereocenters. The number of carbonyl (C=O) groups is 1. The molecule has 128 valence electrons. The number of benzene rings is 1. The van der Waals surface area contributed by atoms with Crippen LogP contribution in [0, 0.1) is 12.8 Å². The smallest absolute Gasteiger partial charge is 0.224 e. The number of amides is 1. The fourth-order valence-electron chi connectivity index (χ4n) is 3.21. The number of carbonyl (C=O) groups excluding carboxylic acids is 1. The van der Waals surface area contributed by atoms with Gasteiger partial charge in [0, 0.05) is 43.6 Å². The lowest BCUT2D eigenvalue weighted by Crippen LogP contribution is -2.32. The van der Waals surface area contributed by atoms with Gasteiger partial charge in [0.15, 0.2) is 0 Å². The van der Waals surface area contributed by atoms with Crippen LogP contribution in [0.15, 0.2) is 30.6 Å². The zero-order chi connectivity index (χ0) is 17.1. The summed E-state index contributed by atoms with van der Waals surface area (Å²) in [4.78, 5) is 14.4. The van der Waals surface area contributed by atoms with Crippen molar-refractivity contribution in [1.29, 1.82) is 0 Å². The first-order chi connectivity index (χ1) is 11.5. The molecular weight excluding hydrogens is 324 g/mol. The largest absolute Gasteiger partial charge is 0.371 e. The van der Waals surface area contributed by atoms with Crippen molar-refractivity contribution in [2.45, 2.75) is 19.8 Å². The second-order valence-electron chi connectivity index (χ2n) is 6.53. The molecule has 24 heavy (non-hydrogen) atoms. The number of rotatable bonds is 5. The topological polar surface area (TPSA) is 50.2 Å². The van der Waals surface area contributed by atoms with E-state index in [0.29, 0.717) is 12.3 Å². The van der Waals surface area contributed by atoms with Gasteiger partial charge in [0.05, 0.1) is 12.6 Å². The maximum Gasteiger partial charge on any atom is 0.224 e. The molecule has 6 heteroatoms. The van der Waals surface area contributed by atoms with Gasteiger partial charge in [-0.25, -0.2) is 0 Å². The number of hydrogen-bond acceptors (Lipinski definition) is 3. The van der Waals surface area contributed by atoms with Crippen LogP contribution in [0.1, 0.15) is 17.5 Å². The van der Waals surface area contributed by atoms with Crippen LogP contribution in [0.3, 0.4) is 0 Å². The van der Waals surface area contributed by atoms with Crippen LogP contribution in [-0.2, 0) is 18.3 Å². The highest BCUT2D eigenvalue weighted by atomic mass is 35.5. The van der Waals surface area contributed by atoms with E-state index >= 15 is 0 Å². The maximum atomic E-state index is 12.0. The molecule has 0 aliphatic carbocycles. The molecule has 0 spiro atoms. The summed E-state index contributed by atoms with van der Waals surface area (Å²) < 4.78 is 1.71. The van der Waals surface area contributed by atoms with E-state index < -0.39 is 0 Å². The Balaban J connectivity index is 1.49. The number of hydrogen-bond donors (Lipinski definition) is 1. The van der Waals surface area contributed by atoms with Gasteiger partial charge in [-0.15, -0.1) is 0 Å². The molecule has 1 saturated heterocycles. The molecule has 2 heterocycles. The maximum absolute atomic E-state index is 12.0. The van der Waals surface area contributed by atoms with Gasteiger partial charge < -0.3 is 10.2 Å². The van der Waals surface area contributed by atoms with E-state index in [0.717, 1.165) is 36.6 Å². The lowest BCUT2D eigenvalue weighted by atomic mass is 10.1. The van der Waals surface area contributed by atoms with E-state index in [-0.39, 0.29) is 5.91 Å². The molecule has 1 aliphatic heterocycles. The van der Waals surface area contributed by atoms with Crippen LogP contribution in [0.5, 0.6) is 0 Å². The van der Waals surface area contributed by atoms with Crippen molar-refractivity contribution in [3.05, 3.63) is 46.7 Å². The highest BCUT2D eigenvalue weighted by molar-refractivity contribution is 6.30. The van der Waals surface area contributed by atoms with Crippen molar-refractivity contribution in [3.63, 3.8) is 0 Å². The predicted octanol–water partition coefficient (Wildman–Crippen LogP) is 2.57. The van der Waals surface area contributed by atoms with Gasteiger partial charge in [-0.1, -0.05) is 17.7 Å². The summed E-state index contributed by atoms with van der Waals surface area (Å²) in [5, 5.41) is 7.90. The first kappa shape index (κ1) is 16.8. The first-order valence-corrected chi connectivity index (χ1v) is 8.64. The number of aromatic nitrogens is 2. The molecule has 1 N–H and O–H groups in total. The molecule has 1 aromatic carbocycles. The van der Waals surface area contributed by atoms with E-state index in [9.17, 15) is 4.79 Å². The van der Waals surface area contributed by atoms with Gasteiger partial charge in [-0.3, -0.25) is 9.48 Å². The Hall–Kier alpha value is -2.01. The Morgan fingerprint density at radius 2 is 2.29 bits per heavy atom. The number of nitrogens with zero attached hydrogens (tertiary/aromatic N) is 3. The summed E-state index contributed by atoms with van der Waals surface area (Å²) in [7, 11) is 1.85. The Bertz CT molecular complexity index is 728. The molecule has 1 unspecified atom stereocenters. The molecule has 3 rings (SSSR count). The summed E-state index contributed by atoms with van der Waals surface area (Å²) in [6.45, 7) is 4.78. The normalized spacial score (nSPS) is 17.3. The third kappa shape index (κ3) is 4.09. The molecule has 1 fully saturated rings. The van der Waals surface area contributed by atoms with Crippen molar-refractivity contribution in [3.8, 4) is 0 Å². The van der Waals surface area contributed by atoms with Crippen molar-refractivity contribution >= 4 is 23.2 Å². The first-order valence-electron chi connectivity index (χ1n) is 8.26. The zero-order valence-electron chi connectivity index (χ0n) is 14.1. The molecular formula is C18H23ClN4O. The van der Waals surface area contributed by atoms with Gasteiger partial charge in [0.1, 0.15) is 0 Å². The number of halogens is 1. The van der Waals surface area contributed by atoms with Crippen LogP contribution in [0.2, 0.25) is 5.02 Å². The molecule has 1 aromatic heterocycles. The Morgan fingerprint density at radius 3 is 3.04 bits per heavy atom. The molecule has 1 aliphatic rings. The molecule has 5 nitrogen and oxygen atoms in total. The molecule has 1 amide bonds. The summed E-state index contributed by atoms with van der Waals surface area (Å²) in [5.41, 5.74) is 3.38. The number of anilines is 1. The highest BCUT2D eigenvalue weighted by Gasteiger charge is 2.24. The number of aryl methyl sites for hydroxylation is 2. The summed E-state index contributed by atoms with van der Waals surface area (Å²) in [6.07, 6.45) is 5.08. The Morgan fingerprint density at radius 1 is 1.46 bits per heavy atom. The summed E-state index contributed by atoms with van der Waals surface area (Å²) in [5.74, 6) is 0.529. The molecule has 2 aromatic rings. The third-order valence-corrected chi connectivity index (χ3v) is 4.74. The van der Waals surface area contributed by atoms with Gasteiger partial charge in [-0.2, -0.15) is 5.10 Å². The monoisotopic (exact) mass is 346 g/mol. The second-order valence-corrected chi connectivity index (χ2v) is 6.97. The second kappa shape index (κ2) is 7.26. The van der Waals surface area contributed by atoms with Crippen molar-refractivity contribution in [1.82, 2.24) is 15.1 Å². The summed E-state index contributed by atoms with van der Waals surface area (Å²) >= 11 is 6.12. The number of nitrogens with one attached hydrogen (secondary N) is 1. The lowest BCUT2D eigenvalue weighted by Gasteiger charge is -2.21. The lowest BCUT2D eigenvalue weighted by molar-refractivity contribution is -0.120. The van der Waals surface area contributed by atoms with Gasteiger partial charge >= 0.3 is 0 Å². The van der Waals surface area contributed by atoms with E-state index in [2.05, 4.69) is 28.3 Å². The third-order valence-electron chi connectivity index (χ3n) is 4.51. The average molecular weight is 347 g/mol. The highest BCUT2D eigenvalue weighted by Crippen LogP contribution is 2.29. The molecule has 0 bridgehead atoms. The van der Waals surface area contributed by atoms with Crippen molar-refractivity contribution in [2.24, 2.45) is 13.0 Å². The van der Waals surface area contributed by atoms with Crippen molar-refractivity contribution in [2.75, 3.05) is 24.5 Å². The van der Waals surface area contributed by atoms with Gasteiger partial charge in [0.2, 0.25) is 5.91 Å². The van der Waals surface area contributed by atoms with Crippen LogP contribution >= 0.6 is 11.6 Å². The van der Waals surface area contributed by atoms with E-state index in [1.165, 1.54) is 11.3 Å². The fourth-order valence-corrected chi connectivity index (χ4v) is 3.38. The zero-order valence-corrected chi connectivity index (χ0v) is 14.9. The van der Waals surface area contributed by atoms with Crippen LogP contribution < -0.4 is 10.2 Å². The van der Waals surface area contributed by atoms with Crippen LogP contribution in [-0.4, -0.2) is 35.3 Å². The van der Waals surface area contributed by atoms with E-state index in [1.807, 2.05) is 25.4 Å². The van der Waals surface area contributed by atoms with Crippen LogP contribution in [0.25, 0.3) is 0 Å². The SMILES string of the molecule is Cc1ccc(Cl)cc1N1CCC(CNC(=O)Cc2cnn(C)c2)C1. The molecule has 0 radical (unpaired) electrons. The molecule has 0 saturated carbocycles. The van der Waals surface area contributed by atoms with Gasteiger partial charge in [0.25, 0.3) is 0 Å². The minimum Gasteiger partial charge on any atom is -0.371 e.